The van der Waals surface area contributed by atoms with Crippen LogP contribution in [-0.4, -0.2) is 49.1 Å². The predicted molar refractivity (Wildman–Crippen MR) is 108 cm³/mol. The van der Waals surface area contributed by atoms with E-state index in [1.165, 1.54) is 0 Å². The van der Waals surface area contributed by atoms with E-state index in [2.05, 4.69) is 30.6 Å². The zero-order valence-corrected chi connectivity index (χ0v) is 16.4. The highest BCUT2D eigenvalue weighted by atomic mass is 16.5. The first-order valence-corrected chi connectivity index (χ1v) is 9.45. The molecule has 4 aromatic heterocycles. The lowest BCUT2D eigenvalue weighted by atomic mass is 10.2. The molecule has 0 saturated carbocycles. The number of nitrogens with one attached hydrogen (secondary N) is 3. The van der Waals surface area contributed by atoms with Crippen LogP contribution in [0.25, 0.3) is 22.3 Å². The smallest absolute Gasteiger partial charge is 0.276 e. The standard InChI is InChI=1S/C20H21N7O2/c1-10-11(2)24-25-18(10)20(28)22-14-4-13-5-17(23-19(13)21-6-14)16-7-27(26-12(16)3)15-8-29-9-15/h4-7,15H,8-9H2,1-3H3,(H,21,23)(H,22,28)(H,24,25). The zero-order valence-electron chi connectivity index (χ0n) is 16.4. The number of carbonyl (C=O) groups excluding carboxylic acids is 1. The molecular formula is C20H21N7O2. The molecule has 3 N–H and O–H groups in total. The van der Waals surface area contributed by atoms with Gasteiger partial charge in [0.25, 0.3) is 5.91 Å². The molecule has 1 aliphatic heterocycles. The van der Waals surface area contributed by atoms with Crippen LogP contribution < -0.4 is 5.32 Å². The number of rotatable bonds is 4. The van der Waals surface area contributed by atoms with E-state index in [9.17, 15) is 4.79 Å². The van der Waals surface area contributed by atoms with Crippen molar-refractivity contribution in [2.24, 2.45) is 0 Å². The maximum Gasteiger partial charge on any atom is 0.276 e. The van der Waals surface area contributed by atoms with Gasteiger partial charge in [-0.3, -0.25) is 14.6 Å². The average Bonchev–Trinajstić information content (AvgIpc) is 3.31. The van der Waals surface area contributed by atoms with Gasteiger partial charge in [0.1, 0.15) is 5.65 Å². The minimum Gasteiger partial charge on any atom is -0.377 e. The molecule has 0 bridgehead atoms. The van der Waals surface area contributed by atoms with Crippen LogP contribution in [0.1, 0.15) is 33.5 Å². The van der Waals surface area contributed by atoms with E-state index in [1.807, 2.05) is 43.8 Å². The fraction of sp³-hybridized carbons (Fsp3) is 0.300. The summed E-state index contributed by atoms with van der Waals surface area (Å²) >= 11 is 0. The number of aromatic amines is 2. The largest absolute Gasteiger partial charge is 0.377 e. The number of nitrogens with zero attached hydrogens (tertiary/aromatic N) is 4. The SMILES string of the molecule is Cc1nn(C2COC2)cc1-c1cc2cc(NC(=O)c3n[nH]c(C)c3C)cnc2[nH]1. The number of pyridine rings is 1. The third-order valence-electron chi connectivity index (χ3n) is 5.40. The summed E-state index contributed by atoms with van der Waals surface area (Å²) in [6, 6.07) is 4.23. The number of hydrogen-bond acceptors (Lipinski definition) is 5. The molecule has 29 heavy (non-hydrogen) atoms. The second-order valence-electron chi connectivity index (χ2n) is 7.42. The fourth-order valence-corrected chi connectivity index (χ4v) is 3.43. The Bertz CT molecular complexity index is 1230. The first-order valence-electron chi connectivity index (χ1n) is 9.45. The van der Waals surface area contributed by atoms with Crippen LogP contribution in [0.3, 0.4) is 0 Å². The van der Waals surface area contributed by atoms with Gasteiger partial charge in [-0.1, -0.05) is 0 Å². The van der Waals surface area contributed by atoms with Crippen molar-refractivity contribution in [3.05, 3.63) is 47.2 Å². The van der Waals surface area contributed by atoms with Crippen molar-refractivity contribution in [2.75, 3.05) is 18.5 Å². The van der Waals surface area contributed by atoms with Crippen molar-refractivity contribution in [1.29, 1.82) is 0 Å². The molecule has 0 aliphatic carbocycles. The van der Waals surface area contributed by atoms with E-state index in [0.717, 1.165) is 39.2 Å². The lowest BCUT2D eigenvalue weighted by Crippen LogP contribution is -2.30. The van der Waals surface area contributed by atoms with Crippen molar-refractivity contribution in [3.63, 3.8) is 0 Å². The maximum absolute atomic E-state index is 12.5. The number of H-pyrrole nitrogens is 2. The molecule has 0 atom stereocenters. The van der Waals surface area contributed by atoms with Gasteiger partial charge in [-0.25, -0.2) is 4.98 Å². The van der Waals surface area contributed by atoms with Crippen LogP contribution >= 0.6 is 0 Å². The minimum absolute atomic E-state index is 0.261. The minimum atomic E-state index is -0.261. The van der Waals surface area contributed by atoms with Crippen molar-refractivity contribution in [2.45, 2.75) is 26.8 Å². The van der Waals surface area contributed by atoms with E-state index in [0.29, 0.717) is 30.6 Å². The Morgan fingerprint density at radius 1 is 1.28 bits per heavy atom. The Hall–Kier alpha value is -3.46. The number of fused-ring (bicyclic) bond motifs is 1. The second-order valence-corrected chi connectivity index (χ2v) is 7.42. The Labute approximate surface area is 166 Å². The molecule has 1 amide bonds. The fourth-order valence-electron chi connectivity index (χ4n) is 3.43. The van der Waals surface area contributed by atoms with Gasteiger partial charge in [-0.2, -0.15) is 10.2 Å². The monoisotopic (exact) mass is 391 g/mol. The molecule has 148 valence electrons. The van der Waals surface area contributed by atoms with E-state index >= 15 is 0 Å². The Morgan fingerprint density at radius 3 is 2.79 bits per heavy atom. The number of amides is 1. The highest BCUT2D eigenvalue weighted by Crippen LogP contribution is 2.29. The number of anilines is 1. The van der Waals surface area contributed by atoms with E-state index in [1.54, 1.807) is 6.20 Å². The van der Waals surface area contributed by atoms with E-state index in [-0.39, 0.29) is 5.91 Å². The highest BCUT2D eigenvalue weighted by Gasteiger charge is 2.23. The molecule has 5 heterocycles. The summed E-state index contributed by atoms with van der Waals surface area (Å²) in [5.41, 5.74) is 6.40. The number of aryl methyl sites for hydroxylation is 2. The molecule has 5 rings (SSSR count). The average molecular weight is 391 g/mol. The predicted octanol–water partition coefficient (Wildman–Crippen LogP) is 2.90. The number of carbonyl (C=O) groups is 1. The van der Waals surface area contributed by atoms with Crippen molar-refractivity contribution < 1.29 is 9.53 Å². The Balaban J connectivity index is 1.42. The van der Waals surface area contributed by atoms with Gasteiger partial charge in [0.05, 0.1) is 42.5 Å². The number of ether oxygens (including phenoxy) is 1. The summed E-state index contributed by atoms with van der Waals surface area (Å²) < 4.78 is 7.22. The van der Waals surface area contributed by atoms with E-state index in [4.69, 9.17) is 4.74 Å². The summed E-state index contributed by atoms with van der Waals surface area (Å²) in [6.07, 6.45) is 3.68. The number of aromatic nitrogens is 6. The Kier molecular flexibility index (Phi) is 3.99. The molecule has 0 spiro atoms. The molecule has 9 nitrogen and oxygen atoms in total. The van der Waals surface area contributed by atoms with Gasteiger partial charge < -0.3 is 15.0 Å². The van der Waals surface area contributed by atoms with Crippen molar-refractivity contribution >= 4 is 22.6 Å². The molecule has 4 aromatic rings. The third kappa shape index (κ3) is 2.99. The zero-order chi connectivity index (χ0) is 20.1. The molecular weight excluding hydrogens is 370 g/mol. The van der Waals surface area contributed by atoms with Crippen LogP contribution in [0.2, 0.25) is 0 Å². The lowest BCUT2D eigenvalue weighted by Gasteiger charge is -2.25. The van der Waals surface area contributed by atoms with Crippen LogP contribution in [0.4, 0.5) is 5.69 Å². The van der Waals surface area contributed by atoms with Crippen LogP contribution in [0.15, 0.2) is 24.5 Å². The first-order chi connectivity index (χ1) is 14.0. The molecule has 1 fully saturated rings. The summed E-state index contributed by atoms with van der Waals surface area (Å²) in [4.78, 5) is 20.3. The first kappa shape index (κ1) is 17.6. The topological polar surface area (TPSA) is 114 Å². The summed E-state index contributed by atoms with van der Waals surface area (Å²) in [6.45, 7) is 7.14. The third-order valence-corrected chi connectivity index (χ3v) is 5.40. The van der Waals surface area contributed by atoms with Gasteiger partial charge >= 0.3 is 0 Å². The van der Waals surface area contributed by atoms with Gasteiger partial charge in [0.2, 0.25) is 0 Å². The quantitative estimate of drug-likeness (QED) is 0.495. The van der Waals surface area contributed by atoms with Gasteiger partial charge in [-0.15, -0.1) is 0 Å². The summed E-state index contributed by atoms with van der Waals surface area (Å²) in [5.74, 6) is -0.261. The van der Waals surface area contributed by atoms with Crippen LogP contribution in [-0.2, 0) is 4.74 Å². The summed E-state index contributed by atoms with van der Waals surface area (Å²) in [7, 11) is 0. The van der Waals surface area contributed by atoms with Crippen LogP contribution in [0, 0.1) is 20.8 Å². The highest BCUT2D eigenvalue weighted by molar-refractivity contribution is 6.04. The van der Waals surface area contributed by atoms with Gasteiger partial charge in [-0.05, 0) is 32.9 Å². The number of hydrogen-bond donors (Lipinski definition) is 3. The maximum atomic E-state index is 12.5. The van der Waals surface area contributed by atoms with Gasteiger partial charge in [0, 0.05) is 28.4 Å². The second kappa shape index (κ2) is 6.56. The lowest BCUT2D eigenvalue weighted by molar-refractivity contribution is -0.0287. The van der Waals surface area contributed by atoms with Crippen molar-refractivity contribution in [3.8, 4) is 11.3 Å². The summed E-state index contributed by atoms with van der Waals surface area (Å²) in [5, 5.41) is 15.3. The Morgan fingerprint density at radius 2 is 2.10 bits per heavy atom. The molecule has 0 aromatic carbocycles. The molecule has 9 heteroatoms. The van der Waals surface area contributed by atoms with E-state index < -0.39 is 0 Å². The molecule has 0 radical (unpaired) electrons. The van der Waals surface area contributed by atoms with Crippen molar-refractivity contribution in [1.82, 2.24) is 29.9 Å². The molecule has 1 aliphatic rings. The van der Waals surface area contributed by atoms with Crippen LogP contribution in [0.5, 0.6) is 0 Å². The van der Waals surface area contributed by atoms with Gasteiger partial charge in [0.15, 0.2) is 5.69 Å². The molecule has 1 saturated heterocycles. The normalized spacial score (nSPS) is 14.3. The molecule has 0 unspecified atom stereocenters.